The van der Waals surface area contributed by atoms with Gasteiger partial charge in [-0.25, -0.2) is 4.79 Å². The van der Waals surface area contributed by atoms with E-state index in [4.69, 9.17) is 27.9 Å². The monoisotopic (exact) mass is 370 g/mol. The summed E-state index contributed by atoms with van der Waals surface area (Å²) in [6.45, 7) is -0.000873. The summed E-state index contributed by atoms with van der Waals surface area (Å²) in [6, 6.07) is 8.89. The summed E-state index contributed by atoms with van der Waals surface area (Å²) in [7, 11) is 0. The van der Waals surface area contributed by atoms with Gasteiger partial charge in [-0.2, -0.15) is 0 Å². The van der Waals surface area contributed by atoms with Crippen LogP contribution < -0.4 is 0 Å². The first-order chi connectivity index (χ1) is 10.7. The lowest BCUT2D eigenvalue weighted by atomic mass is 10.2. The Morgan fingerprint density at radius 3 is 2.64 bits per heavy atom. The topological polar surface area (TPSA) is 52.1 Å². The van der Waals surface area contributed by atoms with E-state index in [0.717, 1.165) is 16.4 Å². The minimum atomic E-state index is -0.491. The average Bonchev–Trinajstić information content (AvgIpc) is 3.17. The van der Waals surface area contributed by atoms with Crippen LogP contribution in [0.15, 0.2) is 35.7 Å². The summed E-state index contributed by atoms with van der Waals surface area (Å²) in [5.74, 6) is -0.491. The van der Waals surface area contributed by atoms with Gasteiger partial charge in [0.1, 0.15) is 12.3 Å². The molecule has 0 atom stereocenters. The van der Waals surface area contributed by atoms with Crippen molar-refractivity contribution < 1.29 is 9.53 Å². The lowest BCUT2D eigenvalue weighted by molar-refractivity contribution is 0.0479. The number of carbonyl (C=O) groups is 1. The van der Waals surface area contributed by atoms with Crippen molar-refractivity contribution in [2.45, 2.75) is 6.61 Å². The molecule has 0 fully saturated rings. The van der Waals surface area contributed by atoms with E-state index >= 15 is 0 Å². The number of thiophene rings is 1. The van der Waals surface area contributed by atoms with E-state index in [9.17, 15) is 4.79 Å². The molecular formula is C14H8Cl2N2O2S2. The molecule has 0 aliphatic heterocycles. The van der Waals surface area contributed by atoms with Gasteiger partial charge in [-0.05, 0) is 35.1 Å². The lowest BCUT2D eigenvalue weighted by Crippen LogP contribution is -2.05. The van der Waals surface area contributed by atoms with Crippen molar-refractivity contribution in [3.63, 3.8) is 0 Å². The predicted molar refractivity (Wildman–Crippen MR) is 88.8 cm³/mol. The van der Waals surface area contributed by atoms with Crippen LogP contribution >= 0.6 is 46.1 Å². The number of carbonyl (C=O) groups excluding carboxylic acids is 1. The molecule has 0 radical (unpaired) electrons. The number of esters is 1. The van der Waals surface area contributed by atoms with E-state index < -0.39 is 5.97 Å². The molecule has 2 aromatic heterocycles. The highest BCUT2D eigenvalue weighted by Gasteiger charge is 2.20. The molecule has 0 bridgehead atoms. The summed E-state index contributed by atoms with van der Waals surface area (Å²) in [6.07, 6.45) is 0. The summed E-state index contributed by atoms with van der Waals surface area (Å²) < 4.78 is 9.13. The van der Waals surface area contributed by atoms with Crippen LogP contribution in [0.1, 0.15) is 15.2 Å². The fourth-order valence-electron chi connectivity index (χ4n) is 1.77. The Labute approximate surface area is 144 Å². The molecular weight excluding hydrogens is 363 g/mol. The van der Waals surface area contributed by atoms with Gasteiger partial charge in [0, 0.05) is 15.6 Å². The number of hydrogen-bond donors (Lipinski definition) is 0. The number of rotatable bonds is 4. The standard InChI is InChI=1S/C14H8Cl2N2O2S2/c15-9-3-1-4-10(16)8(9)7-20-14(19)13-12(17-18-22-13)11-5-2-6-21-11/h1-6H,7H2. The Kier molecular flexibility index (Phi) is 4.73. The van der Waals surface area contributed by atoms with Crippen molar-refractivity contribution in [2.24, 2.45) is 0 Å². The Morgan fingerprint density at radius 2 is 1.95 bits per heavy atom. The second kappa shape index (κ2) is 6.75. The second-order valence-electron chi connectivity index (χ2n) is 4.20. The van der Waals surface area contributed by atoms with Gasteiger partial charge in [0.15, 0.2) is 4.88 Å². The molecule has 0 N–H and O–H groups in total. The summed E-state index contributed by atoms with van der Waals surface area (Å²) in [5.41, 5.74) is 1.12. The predicted octanol–water partition coefficient (Wildman–Crippen LogP) is 4.93. The molecule has 112 valence electrons. The van der Waals surface area contributed by atoms with Crippen molar-refractivity contribution >= 4 is 52.0 Å². The third-order valence-electron chi connectivity index (χ3n) is 2.84. The van der Waals surface area contributed by atoms with Crippen molar-refractivity contribution in [1.29, 1.82) is 0 Å². The zero-order valence-corrected chi connectivity index (χ0v) is 14.1. The van der Waals surface area contributed by atoms with Crippen LogP contribution in [0.25, 0.3) is 10.6 Å². The Bertz CT molecular complexity index is 783. The molecule has 0 spiro atoms. The third-order valence-corrected chi connectivity index (χ3v) is 5.13. The Hall–Kier alpha value is -1.47. The van der Waals surface area contributed by atoms with Crippen LogP contribution in [0.3, 0.4) is 0 Å². The van der Waals surface area contributed by atoms with Crippen LogP contribution in [0.4, 0.5) is 0 Å². The zero-order chi connectivity index (χ0) is 15.5. The maximum absolute atomic E-state index is 12.2. The molecule has 8 heteroatoms. The molecule has 0 amide bonds. The number of nitrogens with zero attached hydrogens (tertiary/aromatic N) is 2. The first-order valence-electron chi connectivity index (χ1n) is 6.13. The van der Waals surface area contributed by atoms with Gasteiger partial charge in [-0.15, -0.1) is 16.4 Å². The molecule has 0 aliphatic rings. The minimum absolute atomic E-state index is 0.000873. The van der Waals surface area contributed by atoms with Crippen molar-refractivity contribution in [3.8, 4) is 10.6 Å². The van der Waals surface area contributed by atoms with E-state index in [-0.39, 0.29) is 6.61 Å². The van der Waals surface area contributed by atoms with Crippen molar-refractivity contribution in [2.75, 3.05) is 0 Å². The highest BCUT2D eigenvalue weighted by molar-refractivity contribution is 7.14. The van der Waals surface area contributed by atoms with E-state index in [1.165, 1.54) is 11.3 Å². The van der Waals surface area contributed by atoms with Gasteiger partial charge in [0.25, 0.3) is 0 Å². The quantitative estimate of drug-likeness (QED) is 0.610. The molecule has 0 saturated carbocycles. The number of hydrogen-bond acceptors (Lipinski definition) is 6. The second-order valence-corrected chi connectivity index (χ2v) is 6.72. The van der Waals surface area contributed by atoms with E-state index in [2.05, 4.69) is 9.59 Å². The SMILES string of the molecule is O=C(OCc1c(Cl)cccc1Cl)c1snnc1-c1cccs1. The normalized spacial score (nSPS) is 10.6. The molecule has 0 unspecified atom stereocenters. The van der Waals surface area contributed by atoms with Crippen LogP contribution in [0.2, 0.25) is 10.0 Å². The maximum atomic E-state index is 12.2. The minimum Gasteiger partial charge on any atom is -0.456 e. The Balaban J connectivity index is 1.78. The summed E-state index contributed by atoms with van der Waals surface area (Å²) in [4.78, 5) is 13.5. The third kappa shape index (κ3) is 3.15. The van der Waals surface area contributed by atoms with Gasteiger partial charge >= 0.3 is 5.97 Å². The number of benzene rings is 1. The molecule has 4 nitrogen and oxygen atoms in total. The summed E-state index contributed by atoms with van der Waals surface area (Å²) in [5, 5.41) is 6.82. The zero-order valence-electron chi connectivity index (χ0n) is 11.0. The average molecular weight is 371 g/mol. The van der Waals surface area contributed by atoms with E-state index in [0.29, 0.717) is 26.2 Å². The first kappa shape index (κ1) is 15.4. The fraction of sp³-hybridized carbons (Fsp3) is 0.0714. The number of aromatic nitrogens is 2. The first-order valence-corrected chi connectivity index (χ1v) is 8.54. The van der Waals surface area contributed by atoms with Gasteiger partial charge in [-0.1, -0.05) is 39.8 Å². The molecule has 22 heavy (non-hydrogen) atoms. The molecule has 0 aliphatic carbocycles. The van der Waals surface area contributed by atoms with Gasteiger partial charge in [-0.3, -0.25) is 0 Å². The van der Waals surface area contributed by atoms with Crippen molar-refractivity contribution in [1.82, 2.24) is 9.59 Å². The van der Waals surface area contributed by atoms with Crippen LogP contribution in [0, 0.1) is 0 Å². The molecule has 1 aromatic carbocycles. The number of halogens is 2. The van der Waals surface area contributed by atoms with Crippen molar-refractivity contribution in [3.05, 3.63) is 56.2 Å². The van der Waals surface area contributed by atoms with Crippen LogP contribution in [-0.2, 0) is 11.3 Å². The van der Waals surface area contributed by atoms with E-state index in [1.807, 2.05) is 17.5 Å². The fourth-order valence-corrected chi connectivity index (χ4v) is 3.63. The molecule has 3 aromatic rings. The van der Waals surface area contributed by atoms with Gasteiger partial charge < -0.3 is 4.74 Å². The highest BCUT2D eigenvalue weighted by atomic mass is 35.5. The van der Waals surface area contributed by atoms with Crippen LogP contribution in [0.5, 0.6) is 0 Å². The maximum Gasteiger partial charge on any atom is 0.352 e. The largest absolute Gasteiger partial charge is 0.456 e. The number of ether oxygens (including phenoxy) is 1. The molecule has 2 heterocycles. The summed E-state index contributed by atoms with van der Waals surface area (Å²) >= 11 is 14.6. The Morgan fingerprint density at radius 1 is 1.18 bits per heavy atom. The van der Waals surface area contributed by atoms with Gasteiger partial charge in [0.05, 0.1) is 4.88 Å². The highest BCUT2D eigenvalue weighted by Crippen LogP contribution is 2.29. The molecule has 0 saturated heterocycles. The van der Waals surface area contributed by atoms with Crippen LogP contribution in [-0.4, -0.2) is 15.6 Å². The van der Waals surface area contributed by atoms with Gasteiger partial charge in [0.2, 0.25) is 0 Å². The molecule has 3 rings (SSSR count). The smallest absolute Gasteiger partial charge is 0.352 e. The van der Waals surface area contributed by atoms with E-state index in [1.54, 1.807) is 18.2 Å². The lowest BCUT2D eigenvalue weighted by Gasteiger charge is -2.07.